The molecule has 0 bridgehead atoms. The fraction of sp³-hybridized carbons (Fsp3) is 0.538. The first-order valence-corrected chi connectivity index (χ1v) is 10.1. The third-order valence-corrected chi connectivity index (χ3v) is 6.61. The average Bonchev–Trinajstić information content (AvgIpc) is 2.38. The van der Waals surface area contributed by atoms with E-state index in [0.29, 0.717) is 31.5 Å². The zero-order valence-corrected chi connectivity index (χ0v) is 13.7. The summed E-state index contributed by atoms with van der Waals surface area (Å²) in [5, 5.41) is 0. The molecule has 1 aliphatic rings. The van der Waals surface area contributed by atoms with E-state index in [-0.39, 0.29) is 10.9 Å². The summed E-state index contributed by atoms with van der Waals surface area (Å²) in [5.41, 5.74) is 0.693. The zero-order chi connectivity index (χ0) is 15.7. The third kappa shape index (κ3) is 4.03. The van der Waals surface area contributed by atoms with Crippen LogP contribution in [-0.2, 0) is 20.0 Å². The third-order valence-electron chi connectivity index (χ3n) is 3.63. The molecule has 0 aromatic heterocycles. The largest absolute Gasteiger partial charge is 0.241 e. The van der Waals surface area contributed by atoms with Gasteiger partial charge in [0, 0.05) is 19.1 Å². The monoisotopic (exact) mass is 332 g/mol. The molecule has 1 N–H and O–H groups in total. The normalized spacial score (nSPS) is 18.8. The molecule has 0 aliphatic carbocycles. The van der Waals surface area contributed by atoms with Crippen molar-refractivity contribution in [2.75, 3.05) is 19.3 Å². The van der Waals surface area contributed by atoms with Gasteiger partial charge in [0.2, 0.25) is 20.0 Å². The Morgan fingerprint density at radius 2 is 1.67 bits per heavy atom. The summed E-state index contributed by atoms with van der Waals surface area (Å²) in [6, 6.07) is 6.57. The minimum absolute atomic E-state index is 0.229. The molecule has 1 aromatic carbocycles. The van der Waals surface area contributed by atoms with Crippen LogP contribution in [0.5, 0.6) is 0 Å². The molecule has 1 aliphatic heterocycles. The fourth-order valence-electron chi connectivity index (χ4n) is 2.45. The van der Waals surface area contributed by atoms with E-state index in [0.717, 1.165) is 0 Å². The minimum atomic E-state index is -3.56. The first-order valence-electron chi connectivity index (χ1n) is 6.73. The Hall–Kier alpha value is -0.960. The van der Waals surface area contributed by atoms with Gasteiger partial charge in [0.1, 0.15) is 0 Å². The molecule has 0 unspecified atom stereocenters. The van der Waals surface area contributed by atoms with Gasteiger partial charge in [0.05, 0.1) is 11.2 Å². The van der Waals surface area contributed by atoms with E-state index < -0.39 is 20.0 Å². The SMILES string of the molecule is Cc1ccccc1S(=O)(=O)NC1CCN(S(C)(=O)=O)CC1. The van der Waals surface area contributed by atoms with Crippen molar-refractivity contribution in [3.63, 3.8) is 0 Å². The van der Waals surface area contributed by atoms with Crippen molar-refractivity contribution in [3.8, 4) is 0 Å². The standard InChI is InChI=1S/C13H20N2O4S2/c1-11-5-3-4-6-13(11)21(18,19)14-12-7-9-15(10-8-12)20(2,16)17/h3-6,12,14H,7-10H2,1-2H3. The van der Waals surface area contributed by atoms with E-state index in [4.69, 9.17) is 0 Å². The number of sulfonamides is 2. The van der Waals surface area contributed by atoms with Crippen LogP contribution in [0, 0.1) is 6.92 Å². The van der Waals surface area contributed by atoms with Crippen molar-refractivity contribution < 1.29 is 16.8 Å². The van der Waals surface area contributed by atoms with Crippen molar-refractivity contribution in [2.24, 2.45) is 0 Å². The predicted molar refractivity (Wildman–Crippen MR) is 80.9 cm³/mol. The lowest BCUT2D eigenvalue weighted by atomic mass is 10.1. The summed E-state index contributed by atoms with van der Waals surface area (Å²) in [7, 11) is -6.76. The minimum Gasteiger partial charge on any atom is -0.213 e. The van der Waals surface area contributed by atoms with Crippen LogP contribution in [0.15, 0.2) is 29.2 Å². The first kappa shape index (κ1) is 16.4. The van der Waals surface area contributed by atoms with Crippen molar-refractivity contribution in [1.82, 2.24) is 9.03 Å². The van der Waals surface area contributed by atoms with E-state index in [1.54, 1.807) is 31.2 Å². The maximum atomic E-state index is 12.4. The second-order valence-corrected chi connectivity index (χ2v) is 8.99. The quantitative estimate of drug-likeness (QED) is 0.879. The molecule has 1 aromatic rings. The van der Waals surface area contributed by atoms with Gasteiger partial charge < -0.3 is 0 Å². The highest BCUT2D eigenvalue weighted by Gasteiger charge is 2.28. The maximum absolute atomic E-state index is 12.4. The molecular weight excluding hydrogens is 312 g/mol. The summed E-state index contributed by atoms with van der Waals surface area (Å²) in [6.45, 7) is 2.44. The van der Waals surface area contributed by atoms with E-state index in [2.05, 4.69) is 4.72 Å². The molecule has 1 heterocycles. The topological polar surface area (TPSA) is 83.6 Å². The first-order chi connectivity index (χ1) is 9.70. The van der Waals surface area contributed by atoms with E-state index in [1.165, 1.54) is 10.6 Å². The van der Waals surface area contributed by atoms with Crippen LogP contribution in [0.4, 0.5) is 0 Å². The summed E-state index contributed by atoms with van der Waals surface area (Å²) >= 11 is 0. The maximum Gasteiger partial charge on any atom is 0.241 e. The smallest absolute Gasteiger partial charge is 0.213 e. The van der Waals surface area contributed by atoms with Crippen LogP contribution in [0.2, 0.25) is 0 Å². The average molecular weight is 332 g/mol. The van der Waals surface area contributed by atoms with Gasteiger partial charge in [-0.3, -0.25) is 0 Å². The number of benzene rings is 1. The molecular formula is C13H20N2O4S2. The van der Waals surface area contributed by atoms with Gasteiger partial charge in [-0.1, -0.05) is 18.2 Å². The molecule has 0 saturated carbocycles. The van der Waals surface area contributed by atoms with Gasteiger partial charge in [-0.2, -0.15) is 0 Å². The fourth-order valence-corrected chi connectivity index (χ4v) is 4.87. The van der Waals surface area contributed by atoms with E-state index in [9.17, 15) is 16.8 Å². The van der Waals surface area contributed by atoms with Crippen LogP contribution >= 0.6 is 0 Å². The highest BCUT2D eigenvalue weighted by molar-refractivity contribution is 7.89. The molecule has 1 saturated heterocycles. The van der Waals surface area contributed by atoms with Crippen LogP contribution in [0.3, 0.4) is 0 Å². The van der Waals surface area contributed by atoms with Crippen LogP contribution in [0.25, 0.3) is 0 Å². The lowest BCUT2D eigenvalue weighted by Crippen LogP contribution is -2.46. The number of nitrogens with zero attached hydrogens (tertiary/aromatic N) is 1. The molecule has 1 fully saturated rings. The molecule has 0 radical (unpaired) electrons. The Labute approximate surface area is 126 Å². The summed E-state index contributed by atoms with van der Waals surface area (Å²) in [5.74, 6) is 0. The molecule has 0 amide bonds. The van der Waals surface area contributed by atoms with E-state index >= 15 is 0 Å². The number of hydrogen-bond acceptors (Lipinski definition) is 4. The predicted octanol–water partition coefficient (Wildman–Crippen LogP) is 0.697. The molecule has 8 heteroatoms. The van der Waals surface area contributed by atoms with Gasteiger partial charge in [0.25, 0.3) is 0 Å². The van der Waals surface area contributed by atoms with Crippen LogP contribution in [-0.4, -0.2) is 46.5 Å². The molecule has 21 heavy (non-hydrogen) atoms. The van der Waals surface area contributed by atoms with Gasteiger partial charge in [-0.05, 0) is 31.4 Å². The Morgan fingerprint density at radius 1 is 1.10 bits per heavy atom. The molecule has 6 nitrogen and oxygen atoms in total. The Kier molecular flexibility index (Phi) is 4.72. The molecule has 118 valence electrons. The Balaban J connectivity index is 2.05. The molecule has 0 spiro atoms. The second-order valence-electron chi connectivity index (χ2n) is 5.32. The van der Waals surface area contributed by atoms with Gasteiger partial charge in [-0.25, -0.2) is 25.9 Å². The lowest BCUT2D eigenvalue weighted by Gasteiger charge is -2.30. The summed E-state index contributed by atoms with van der Waals surface area (Å²) in [4.78, 5) is 0.274. The van der Waals surface area contributed by atoms with Crippen LogP contribution < -0.4 is 4.72 Å². The molecule has 2 rings (SSSR count). The van der Waals surface area contributed by atoms with E-state index in [1.807, 2.05) is 0 Å². The van der Waals surface area contributed by atoms with Crippen molar-refractivity contribution >= 4 is 20.0 Å². The number of hydrogen-bond donors (Lipinski definition) is 1. The number of piperidine rings is 1. The van der Waals surface area contributed by atoms with Crippen LogP contribution in [0.1, 0.15) is 18.4 Å². The highest BCUT2D eigenvalue weighted by atomic mass is 32.2. The Morgan fingerprint density at radius 3 is 2.19 bits per heavy atom. The van der Waals surface area contributed by atoms with Gasteiger partial charge in [-0.15, -0.1) is 0 Å². The second kappa shape index (κ2) is 6.04. The number of rotatable bonds is 4. The van der Waals surface area contributed by atoms with Gasteiger partial charge in [0.15, 0.2) is 0 Å². The zero-order valence-electron chi connectivity index (χ0n) is 12.1. The number of aryl methyl sites for hydroxylation is 1. The Bertz CT molecular complexity index is 705. The summed E-state index contributed by atoms with van der Waals surface area (Å²) in [6.07, 6.45) is 2.14. The van der Waals surface area contributed by atoms with Crippen molar-refractivity contribution in [1.29, 1.82) is 0 Å². The number of nitrogens with one attached hydrogen (secondary N) is 1. The molecule has 0 atom stereocenters. The van der Waals surface area contributed by atoms with Gasteiger partial charge >= 0.3 is 0 Å². The summed E-state index contributed by atoms with van der Waals surface area (Å²) < 4.78 is 51.6. The highest BCUT2D eigenvalue weighted by Crippen LogP contribution is 2.18. The van der Waals surface area contributed by atoms with Crippen molar-refractivity contribution in [3.05, 3.63) is 29.8 Å². The van der Waals surface area contributed by atoms with Crippen molar-refractivity contribution in [2.45, 2.75) is 30.7 Å². The lowest BCUT2D eigenvalue weighted by molar-refractivity contribution is 0.310.